The van der Waals surface area contributed by atoms with Crippen molar-refractivity contribution in [3.8, 4) is 0 Å². The molecule has 22 heavy (non-hydrogen) atoms. The normalized spacial score (nSPS) is 18.5. The van der Waals surface area contributed by atoms with Crippen molar-refractivity contribution in [2.75, 3.05) is 24.5 Å². The number of hydrogen-bond donors (Lipinski definition) is 1. The highest BCUT2D eigenvalue weighted by atomic mass is 16.2. The van der Waals surface area contributed by atoms with Crippen molar-refractivity contribution in [1.82, 2.24) is 19.7 Å². The highest BCUT2D eigenvalue weighted by Gasteiger charge is 2.24. The second kappa shape index (κ2) is 5.76. The zero-order chi connectivity index (χ0) is 15.7. The number of nitrogens with one attached hydrogen (secondary N) is 1. The zero-order valence-corrected chi connectivity index (χ0v) is 12.7. The maximum Gasteiger partial charge on any atom is 0.346 e. The van der Waals surface area contributed by atoms with Crippen LogP contribution in [-0.2, 0) is 14.1 Å². The van der Waals surface area contributed by atoms with Crippen LogP contribution in [0.4, 0.5) is 5.82 Å². The maximum atomic E-state index is 12.3. The van der Waals surface area contributed by atoms with E-state index >= 15 is 0 Å². The molecule has 1 atom stereocenters. The molecule has 1 saturated heterocycles. The minimum absolute atomic E-state index is 0.138. The molecule has 0 aliphatic carbocycles. The van der Waals surface area contributed by atoms with Crippen molar-refractivity contribution in [2.24, 2.45) is 14.1 Å². The summed E-state index contributed by atoms with van der Waals surface area (Å²) in [6.45, 7) is 2.08. The number of hydrogen-bond acceptors (Lipinski definition) is 5. The summed E-state index contributed by atoms with van der Waals surface area (Å²) in [5.74, 6) is 0.326. The Morgan fingerprint density at radius 3 is 2.64 bits per heavy atom. The minimum atomic E-state index is -0.413. The summed E-state index contributed by atoms with van der Waals surface area (Å²) in [7, 11) is 3.04. The first-order valence-corrected chi connectivity index (χ1v) is 7.25. The molecule has 1 aliphatic rings. The van der Waals surface area contributed by atoms with Crippen molar-refractivity contribution in [3.63, 3.8) is 0 Å². The molecule has 0 saturated carbocycles. The van der Waals surface area contributed by atoms with E-state index in [1.54, 1.807) is 7.05 Å². The zero-order valence-electron chi connectivity index (χ0n) is 12.7. The fourth-order valence-corrected chi connectivity index (χ4v) is 2.73. The Morgan fingerprint density at radius 2 is 1.91 bits per heavy atom. The van der Waals surface area contributed by atoms with Crippen LogP contribution in [-0.4, -0.2) is 34.0 Å². The summed E-state index contributed by atoms with van der Waals surface area (Å²) >= 11 is 0. The number of aromatic nitrogens is 3. The van der Waals surface area contributed by atoms with Crippen molar-refractivity contribution in [1.29, 1.82) is 0 Å². The van der Waals surface area contributed by atoms with Gasteiger partial charge in [-0.3, -0.25) is 9.36 Å². The monoisotopic (exact) mass is 301 g/mol. The summed E-state index contributed by atoms with van der Waals surface area (Å²) in [6, 6.07) is 10.2. The molecule has 0 bridgehead atoms. The fourth-order valence-electron chi connectivity index (χ4n) is 2.73. The van der Waals surface area contributed by atoms with Crippen LogP contribution in [0.25, 0.3) is 0 Å². The first-order chi connectivity index (χ1) is 10.6. The molecule has 1 N–H and O–H groups in total. The topological polar surface area (TPSA) is 72.2 Å². The fraction of sp³-hybridized carbons (Fsp3) is 0.400. The van der Waals surface area contributed by atoms with Crippen LogP contribution in [0.1, 0.15) is 11.6 Å². The van der Waals surface area contributed by atoms with Gasteiger partial charge in [-0.05, 0) is 5.56 Å². The second-order valence-electron chi connectivity index (χ2n) is 5.46. The van der Waals surface area contributed by atoms with E-state index in [4.69, 9.17) is 0 Å². The van der Waals surface area contributed by atoms with Crippen LogP contribution in [0.5, 0.6) is 0 Å². The van der Waals surface area contributed by atoms with Crippen LogP contribution in [0.2, 0.25) is 0 Å². The Labute approximate surface area is 127 Å². The van der Waals surface area contributed by atoms with Gasteiger partial charge in [0.05, 0.1) is 0 Å². The average molecular weight is 301 g/mol. The van der Waals surface area contributed by atoms with Gasteiger partial charge in [-0.1, -0.05) is 30.3 Å². The molecule has 7 nitrogen and oxygen atoms in total. The number of rotatable bonds is 2. The molecule has 7 heteroatoms. The average Bonchev–Trinajstić information content (AvgIpc) is 2.57. The van der Waals surface area contributed by atoms with Gasteiger partial charge in [0, 0.05) is 39.8 Å². The van der Waals surface area contributed by atoms with Gasteiger partial charge in [0.25, 0.3) is 5.56 Å². The Kier molecular flexibility index (Phi) is 3.81. The van der Waals surface area contributed by atoms with E-state index in [2.05, 4.69) is 22.5 Å². The lowest BCUT2D eigenvalue weighted by Gasteiger charge is -2.34. The van der Waals surface area contributed by atoms with Gasteiger partial charge in [-0.15, -0.1) is 5.10 Å². The molecule has 1 aromatic carbocycles. The van der Waals surface area contributed by atoms with Crippen LogP contribution in [0.15, 0.2) is 39.9 Å². The summed E-state index contributed by atoms with van der Waals surface area (Å²) in [4.78, 5) is 26.0. The van der Waals surface area contributed by atoms with Crippen molar-refractivity contribution in [3.05, 3.63) is 56.7 Å². The van der Waals surface area contributed by atoms with Gasteiger partial charge >= 0.3 is 5.69 Å². The van der Waals surface area contributed by atoms with E-state index in [0.717, 1.165) is 11.1 Å². The number of benzene rings is 1. The lowest BCUT2D eigenvalue weighted by atomic mass is 10.0. The largest absolute Gasteiger partial charge is 0.347 e. The second-order valence-corrected chi connectivity index (χ2v) is 5.46. The van der Waals surface area contributed by atoms with Crippen molar-refractivity contribution >= 4 is 5.82 Å². The van der Waals surface area contributed by atoms with Crippen molar-refractivity contribution in [2.45, 2.75) is 6.04 Å². The molecule has 1 aromatic heterocycles. The van der Waals surface area contributed by atoms with Crippen molar-refractivity contribution < 1.29 is 0 Å². The molecular formula is C15H19N5O2. The first kappa shape index (κ1) is 14.5. The standard InChI is InChI=1S/C15H19N5O2/c1-18-14(21)13(17-19(2)15(18)22)20-9-8-16-12(10-20)11-6-4-3-5-7-11/h3-7,12,16H,8-10H2,1-2H3. The molecule has 1 unspecified atom stereocenters. The van der Waals surface area contributed by atoms with Gasteiger partial charge in [0.1, 0.15) is 0 Å². The molecular weight excluding hydrogens is 282 g/mol. The van der Waals surface area contributed by atoms with Gasteiger partial charge in [-0.25, -0.2) is 9.48 Å². The van der Waals surface area contributed by atoms with Crippen LogP contribution in [0.3, 0.4) is 0 Å². The lowest BCUT2D eigenvalue weighted by molar-refractivity contribution is 0.461. The Hall–Kier alpha value is -2.41. The molecule has 2 heterocycles. The molecule has 2 aromatic rings. The smallest absolute Gasteiger partial charge is 0.346 e. The minimum Gasteiger partial charge on any atom is -0.347 e. The van der Waals surface area contributed by atoms with Gasteiger partial charge in [0.15, 0.2) is 0 Å². The number of piperazine rings is 1. The van der Waals surface area contributed by atoms with E-state index < -0.39 is 5.69 Å². The maximum absolute atomic E-state index is 12.3. The Balaban J connectivity index is 1.93. The van der Waals surface area contributed by atoms with Crippen LogP contribution in [0, 0.1) is 0 Å². The number of aryl methyl sites for hydroxylation is 1. The Morgan fingerprint density at radius 1 is 1.18 bits per heavy atom. The van der Waals surface area contributed by atoms with Crippen LogP contribution >= 0.6 is 0 Å². The summed E-state index contributed by atoms with van der Waals surface area (Å²) in [5.41, 5.74) is 0.411. The Bertz CT molecular complexity index is 781. The van der Waals surface area contributed by atoms with E-state index in [1.165, 1.54) is 17.3 Å². The number of nitrogens with zero attached hydrogens (tertiary/aromatic N) is 4. The SMILES string of the molecule is Cn1nc(N2CCNC(c3ccccc3)C2)c(=O)n(C)c1=O. The van der Waals surface area contributed by atoms with Gasteiger partial charge in [0.2, 0.25) is 5.82 Å². The molecule has 3 rings (SSSR count). The first-order valence-electron chi connectivity index (χ1n) is 7.25. The van der Waals surface area contributed by atoms with Gasteiger partial charge in [-0.2, -0.15) is 0 Å². The third-order valence-electron chi connectivity index (χ3n) is 3.98. The molecule has 0 amide bonds. The van der Waals surface area contributed by atoms with Crippen LogP contribution < -0.4 is 21.5 Å². The molecule has 0 radical (unpaired) electrons. The lowest BCUT2D eigenvalue weighted by Crippen LogP contribution is -2.50. The molecule has 1 fully saturated rings. The highest BCUT2D eigenvalue weighted by Crippen LogP contribution is 2.18. The quantitative estimate of drug-likeness (QED) is 0.819. The van der Waals surface area contributed by atoms with E-state index in [1.807, 2.05) is 23.1 Å². The predicted octanol–water partition coefficient (Wildman–Crippen LogP) is -0.370. The molecule has 0 spiro atoms. The number of anilines is 1. The molecule has 1 aliphatic heterocycles. The highest BCUT2D eigenvalue weighted by molar-refractivity contribution is 5.37. The van der Waals surface area contributed by atoms with E-state index in [9.17, 15) is 9.59 Å². The van der Waals surface area contributed by atoms with Gasteiger partial charge < -0.3 is 10.2 Å². The third kappa shape index (κ3) is 2.55. The summed E-state index contributed by atoms with van der Waals surface area (Å²) in [5, 5.41) is 7.60. The summed E-state index contributed by atoms with van der Waals surface area (Å²) < 4.78 is 2.30. The predicted molar refractivity (Wildman–Crippen MR) is 84.1 cm³/mol. The third-order valence-corrected chi connectivity index (χ3v) is 3.98. The van der Waals surface area contributed by atoms with E-state index in [0.29, 0.717) is 18.9 Å². The molecule has 116 valence electrons. The van der Waals surface area contributed by atoms with E-state index in [-0.39, 0.29) is 11.6 Å². The summed E-state index contributed by atoms with van der Waals surface area (Å²) in [6.07, 6.45) is 0.